The summed E-state index contributed by atoms with van der Waals surface area (Å²) in [6.07, 6.45) is 2.47. The summed E-state index contributed by atoms with van der Waals surface area (Å²) >= 11 is 6.51. The first-order chi connectivity index (χ1) is 17.0. The topological polar surface area (TPSA) is 121 Å². The van der Waals surface area contributed by atoms with Gasteiger partial charge < -0.3 is 20.7 Å². The summed E-state index contributed by atoms with van der Waals surface area (Å²) in [7, 11) is 0. The minimum absolute atomic E-state index is 0.122. The van der Waals surface area contributed by atoms with Crippen molar-refractivity contribution in [2.45, 2.75) is 44.6 Å². The Labute approximate surface area is 208 Å². The van der Waals surface area contributed by atoms with Crippen LogP contribution in [0.5, 0.6) is 0 Å². The maximum atomic E-state index is 13.2. The van der Waals surface area contributed by atoms with Gasteiger partial charge in [0.05, 0.1) is 0 Å². The molecule has 2 atom stereocenters. The van der Waals surface area contributed by atoms with Gasteiger partial charge >= 0.3 is 6.09 Å². The molecule has 35 heavy (non-hydrogen) atoms. The first-order valence-corrected chi connectivity index (χ1v) is 12.2. The quantitative estimate of drug-likeness (QED) is 0.390. The fraction of sp³-hybridized carbons (Fsp3) is 0.360. The van der Waals surface area contributed by atoms with Crippen LogP contribution in [0.3, 0.4) is 0 Å². The van der Waals surface area contributed by atoms with E-state index in [4.69, 9.17) is 16.3 Å². The highest BCUT2D eigenvalue weighted by Gasteiger charge is 2.30. The molecule has 0 spiro atoms. The number of nitrogens with one attached hydrogen (secondary N) is 4. The molecule has 1 aliphatic carbocycles. The SMILES string of the molecule is Cc1ccc(-c2ccc3nc2C(=O)NCCCNC(=O)O[C@@H]2CC[C@@H](C2)c2cc(n[nH]2)N3)c(Cl)c1. The zero-order valence-electron chi connectivity index (χ0n) is 19.4. The van der Waals surface area contributed by atoms with Gasteiger partial charge in [-0.3, -0.25) is 9.89 Å². The zero-order chi connectivity index (χ0) is 24.4. The Bertz CT molecular complexity index is 1260. The number of H-pyrrole nitrogens is 1. The van der Waals surface area contributed by atoms with Crippen molar-refractivity contribution in [3.05, 3.63) is 58.4 Å². The number of halogens is 1. The number of aryl methyl sites for hydroxylation is 1. The molecule has 1 aliphatic heterocycles. The van der Waals surface area contributed by atoms with Crippen LogP contribution in [0.1, 0.15) is 53.3 Å². The second kappa shape index (κ2) is 9.95. The fourth-order valence-electron chi connectivity index (χ4n) is 4.59. The highest BCUT2D eigenvalue weighted by molar-refractivity contribution is 6.33. The first kappa shape index (κ1) is 23.2. The van der Waals surface area contributed by atoms with E-state index in [-0.39, 0.29) is 23.6 Å². The summed E-state index contributed by atoms with van der Waals surface area (Å²) in [5.41, 5.74) is 3.61. The molecule has 3 heterocycles. The summed E-state index contributed by atoms with van der Waals surface area (Å²) in [5, 5.41) is 16.8. The lowest BCUT2D eigenvalue weighted by atomic mass is 10.0. The molecule has 2 amide bonds. The van der Waals surface area contributed by atoms with E-state index in [1.807, 2.05) is 43.3 Å². The molecule has 2 aromatic heterocycles. The molecule has 3 aromatic rings. The third-order valence-electron chi connectivity index (χ3n) is 6.39. The standard InChI is InChI=1S/C25H27ClN6O3/c1-14-3-6-17(19(26)11-14)18-7-8-21-29-22-13-20(31-32-22)15-4-5-16(12-15)35-25(34)28-10-2-9-27-24(33)23(18)30-21/h3,6-8,11,13,15-16H,2,4-5,9-10,12H2,1H3,(H,27,33)(H,28,34)(H2,29,30,31,32)/t15-,16+/m0/s1. The molecule has 4 N–H and O–H groups in total. The van der Waals surface area contributed by atoms with E-state index < -0.39 is 6.09 Å². The fourth-order valence-corrected chi connectivity index (χ4v) is 4.92. The van der Waals surface area contributed by atoms with E-state index in [1.54, 1.807) is 0 Å². The van der Waals surface area contributed by atoms with Crippen LogP contribution in [-0.2, 0) is 4.74 Å². The normalized spacial score (nSPS) is 20.6. The maximum absolute atomic E-state index is 13.2. The summed E-state index contributed by atoms with van der Waals surface area (Å²) in [6.45, 7) is 2.72. The molecular weight excluding hydrogens is 468 g/mol. The summed E-state index contributed by atoms with van der Waals surface area (Å²) in [4.78, 5) is 29.9. The Kier molecular flexibility index (Phi) is 6.59. The van der Waals surface area contributed by atoms with Gasteiger partial charge in [-0.15, -0.1) is 0 Å². The maximum Gasteiger partial charge on any atom is 0.407 e. The number of carbonyl (C=O) groups excluding carboxylic acids is 2. The number of aromatic nitrogens is 3. The zero-order valence-corrected chi connectivity index (χ0v) is 20.1. The number of pyridine rings is 1. The summed E-state index contributed by atoms with van der Waals surface area (Å²) in [5.74, 6) is 1.00. The highest BCUT2D eigenvalue weighted by atomic mass is 35.5. The number of hydrogen-bond acceptors (Lipinski definition) is 6. The number of aromatic amines is 1. The third kappa shape index (κ3) is 5.24. The first-order valence-electron chi connectivity index (χ1n) is 11.8. The Balaban J connectivity index is 1.48. The van der Waals surface area contributed by atoms with Gasteiger partial charge in [0, 0.05) is 46.9 Å². The number of nitrogens with zero attached hydrogens (tertiary/aromatic N) is 2. The lowest BCUT2D eigenvalue weighted by Gasteiger charge is -2.15. The largest absolute Gasteiger partial charge is 0.446 e. The molecular formula is C25H27ClN6O3. The number of amides is 2. The van der Waals surface area contributed by atoms with Gasteiger partial charge in [-0.1, -0.05) is 23.7 Å². The molecule has 2 aliphatic rings. The average molecular weight is 495 g/mol. The number of benzene rings is 1. The van der Waals surface area contributed by atoms with Crippen molar-refractivity contribution in [3.63, 3.8) is 0 Å². The van der Waals surface area contributed by atoms with Gasteiger partial charge in [-0.25, -0.2) is 9.78 Å². The van der Waals surface area contributed by atoms with Crippen LogP contribution >= 0.6 is 11.6 Å². The number of hydrogen-bond donors (Lipinski definition) is 4. The van der Waals surface area contributed by atoms with Crippen LogP contribution in [0, 0.1) is 6.92 Å². The molecule has 6 bridgehead atoms. The van der Waals surface area contributed by atoms with E-state index in [9.17, 15) is 9.59 Å². The lowest BCUT2D eigenvalue weighted by molar-refractivity contribution is 0.0949. The number of anilines is 2. The minimum atomic E-state index is -0.430. The van der Waals surface area contributed by atoms with Crippen molar-refractivity contribution in [3.8, 4) is 11.1 Å². The van der Waals surface area contributed by atoms with Crippen LogP contribution in [-0.4, -0.2) is 46.4 Å². The van der Waals surface area contributed by atoms with Crippen LogP contribution in [0.2, 0.25) is 5.02 Å². The Hall–Kier alpha value is -3.59. The Morgan fingerprint density at radius 3 is 2.69 bits per heavy atom. The van der Waals surface area contributed by atoms with Crippen molar-refractivity contribution in [1.82, 2.24) is 25.8 Å². The molecule has 9 nitrogen and oxygen atoms in total. The van der Waals surface area contributed by atoms with Crippen LogP contribution in [0.4, 0.5) is 16.4 Å². The molecule has 0 saturated heterocycles. The van der Waals surface area contributed by atoms with Crippen molar-refractivity contribution in [2.75, 3.05) is 18.4 Å². The van der Waals surface area contributed by atoms with Gasteiger partial charge in [0.1, 0.15) is 17.6 Å². The van der Waals surface area contributed by atoms with Gasteiger partial charge in [0.25, 0.3) is 5.91 Å². The molecule has 0 unspecified atom stereocenters. The van der Waals surface area contributed by atoms with Crippen LogP contribution in [0.25, 0.3) is 11.1 Å². The monoisotopic (exact) mass is 494 g/mol. The van der Waals surface area contributed by atoms with Crippen molar-refractivity contribution < 1.29 is 14.3 Å². The number of fused-ring (bicyclic) bond motifs is 7. The van der Waals surface area contributed by atoms with E-state index in [0.717, 1.165) is 36.1 Å². The van der Waals surface area contributed by atoms with Crippen LogP contribution in [0.15, 0.2) is 36.4 Å². The van der Waals surface area contributed by atoms with Gasteiger partial charge in [0.15, 0.2) is 5.82 Å². The molecule has 1 saturated carbocycles. The molecule has 1 fully saturated rings. The second-order valence-corrected chi connectivity index (χ2v) is 9.39. The Morgan fingerprint density at radius 2 is 1.83 bits per heavy atom. The van der Waals surface area contributed by atoms with Gasteiger partial charge in [-0.05, 0) is 56.4 Å². The van der Waals surface area contributed by atoms with Crippen molar-refractivity contribution in [1.29, 1.82) is 0 Å². The lowest BCUT2D eigenvalue weighted by Crippen LogP contribution is -2.32. The third-order valence-corrected chi connectivity index (χ3v) is 6.70. The van der Waals surface area contributed by atoms with Crippen LogP contribution < -0.4 is 16.0 Å². The smallest absolute Gasteiger partial charge is 0.407 e. The molecule has 1 aromatic carbocycles. The average Bonchev–Trinajstić information content (AvgIpc) is 3.48. The van der Waals surface area contributed by atoms with E-state index in [0.29, 0.717) is 41.7 Å². The highest BCUT2D eigenvalue weighted by Crippen LogP contribution is 2.36. The summed E-state index contributed by atoms with van der Waals surface area (Å²) in [6, 6.07) is 11.3. The number of alkyl carbamates (subject to hydrolysis) is 1. The molecule has 182 valence electrons. The number of ether oxygens (including phenoxy) is 1. The van der Waals surface area contributed by atoms with E-state index in [2.05, 4.69) is 31.1 Å². The van der Waals surface area contributed by atoms with E-state index in [1.165, 1.54) is 0 Å². The summed E-state index contributed by atoms with van der Waals surface area (Å²) < 4.78 is 5.56. The van der Waals surface area contributed by atoms with Crippen molar-refractivity contribution in [2.24, 2.45) is 0 Å². The van der Waals surface area contributed by atoms with Gasteiger partial charge in [-0.2, -0.15) is 5.10 Å². The Morgan fingerprint density at radius 1 is 1.00 bits per heavy atom. The molecule has 10 heteroatoms. The predicted molar refractivity (Wildman–Crippen MR) is 133 cm³/mol. The second-order valence-electron chi connectivity index (χ2n) is 8.98. The predicted octanol–water partition coefficient (Wildman–Crippen LogP) is 4.67. The minimum Gasteiger partial charge on any atom is -0.446 e. The molecule has 5 rings (SSSR count). The van der Waals surface area contributed by atoms with E-state index >= 15 is 0 Å². The molecule has 0 radical (unpaired) electrons. The number of carbonyl (C=O) groups is 2. The van der Waals surface area contributed by atoms with Crippen molar-refractivity contribution >= 4 is 35.2 Å². The van der Waals surface area contributed by atoms with Gasteiger partial charge in [0.2, 0.25) is 0 Å². The number of rotatable bonds is 1.